The molecule has 2 amide bonds. The minimum atomic E-state index is -1.04. The van der Waals surface area contributed by atoms with E-state index < -0.39 is 18.0 Å². The molecule has 1 aromatic carbocycles. The van der Waals surface area contributed by atoms with Crippen molar-refractivity contribution in [2.75, 3.05) is 5.32 Å². The Bertz CT molecular complexity index is 431. The minimum Gasteiger partial charge on any atom is -0.480 e. The van der Waals surface area contributed by atoms with E-state index in [9.17, 15) is 9.59 Å². The SMILES string of the molecule is CC(C)C(NC(=O)Nc1ccc(I)cc1)C(=O)O. The number of halogens is 1. The van der Waals surface area contributed by atoms with Crippen LogP contribution < -0.4 is 10.6 Å². The molecule has 0 aromatic heterocycles. The molecule has 98 valence electrons. The third-order valence-corrected chi connectivity index (χ3v) is 3.04. The Kier molecular flexibility index (Phi) is 5.39. The van der Waals surface area contributed by atoms with E-state index in [1.54, 1.807) is 26.0 Å². The van der Waals surface area contributed by atoms with Gasteiger partial charge in [-0.1, -0.05) is 13.8 Å². The van der Waals surface area contributed by atoms with Gasteiger partial charge < -0.3 is 15.7 Å². The van der Waals surface area contributed by atoms with Gasteiger partial charge in [0.05, 0.1) is 0 Å². The first-order chi connectivity index (χ1) is 8.40. The third-order valence-electron chi connectivity index (χ3n) is 2.32. The van der Waals surface area contributed by atoms with Gasteiger partial charge in [0.1, 0.15) is 6.04 Å². The Morgan fingerprint density at radius 3 is 2.22 bits per heavy atom. The highest BCUT2D eigenvalue weighted by atomic mass is 127. The summed E-state index contributed by atoms with van der Waals surface area (Å²) in [5, 5.41) is 14.0. The van der Waals surface area contributed by atoms with Gasteiger partial charge in [-0.15, -0.1) is 0 Å². The summed E-state index contributed by atoms with van der Waals surface area (Å²) in [6, 6.07) is 5.81. The van der Waals surface area contributed by atoms with Crippen LogP contribution >= 0.6 is 22.6 Å². The second kappa shape index (κ2) is 6.58. The number of carbonyl (C=O) groups excluding carboxylic acids is 1. The summed E-state index contributed by atoms with van der Waals surface area (Å²) in [7, 11) is 0. The molecule has 1 atom stereocenters. The number of anilines is 1. The van der Waals surface area contributed by atoms with Crippen molar-refractivity contribution in [2.24, 2.45) is 5.92 Å². The van der Waals surface area contributed by atoms with Gasteiger partial charge in [0.25, 0.3) is 0 Å². The summed E-state index contributed by atoms with van der Waals surface area (Å²) in [6.45, 7) is 3.48. The van der Waals surface area contributed by atoms with E-state index in [1.807, 2.05) is 12.1 Å². The fraction of sp³-hybridized carbons (Fsp3) is 0.333. The number of rotatable bonds is 4. The number of amides is 2. The molecule has 0 aliphatic carbocycles. The molecule has 3 N–H and O–H groups in total. The molecule has 0 bridgehead atoms. The monoisotopic (exact) mass is 362 g/mol. The van der Waals surface area contributed by atoms with Crippen LogP contribution in [0.15, 0.2) is 24.3 Å². The standard InChI is InChI=1S/C12H15IN2O3/c1-7(2)10(11(16)17)15-12(18)14-9-5-3-8(13)4-6-9/h3-7,10H,1-2H3,(H,16,17)(H2,14,15,18). The molecule has 1 unspecified atom stereocenters. The number of nitrogens with one attached hydrogen (secondary N) is 2. The number of benzene rings is 1. The molecule has 0 radical (unpaired) electrons. The van der Waals surface area contributed by atoms with Crippen molar-refractivity contribution in [2.45, 2.75) is 19.9 Å². The number of aliphatic carboxylic acids is 1. The van der Waals surface area contributed by atoms with Gasteiger partial charge in [-0.3, -0.25) is 0 Å². The lowest BCUT2D eigenvalue weighted by Crippen LogP contribution is -2.46. The smallest absolute Gasteiger partial charge is 0.326 e. The molecule has 0 saturated heterocycles. The highest BCUT2D eigenvalue weighted by molar-refractivity contribution is 14.1. The number of carboxylic acid groups (broad SMARTS) is 1. The number of urea groups is 1. The number of carbonyl (C=O) groups is 2. The van der Waals surface area contributed by atoms with Crippen LogP contribution in [0.25, 0.3) is 0 Å². The van der Waals surface area contributed by atoms with E-state index in [2.05, 4.69) is 33.2 Å². The molecule has 0 aliphatic rings. The second-order valence-corrected chi connectivity index (χ2v) is 5.41. The fourth-order valence-electron chi connectivity index (χ4n) is 1.36. The average Bonchev–Trinajstić information content (AvgIpc) is 2.28. The van der Waals surface area contributed by atoms with Crippen molar-refractivity contribution < 1.29 is 14.7 Å². The van der Waals surface area contributed by atoms with Crippen LogP contribution in [0.4, 0.5) is 10.5 Å². The quantitative estimate of drug-likeness (QED) is 0.721. The summed E-state index contributed by atoms with van der Waals surface area (Å²) in [4.78, 5) is 22.6. The van der Waals surface area contributed by atoms with Gasteiger partial charge in [-0.2, -0.15) is 0 Å². The topological polar surface area (TPSA) is 78.4 Å². The molecule has 0 saturated carbocycles. The molecule has 0 spiro atoms. The maximum Gasteiger partial charge on any atom is 0.326 e. The largest absolute Gasteiger partial charge is 0.480 e. The molecule has 1 rings (SSSR count). The molecule has 1 aromatic rings. The van der Waals surface area contributed by atoms with Crippen LogP contribution in [-0.4, -0.2) is 23.1 Å². The highest BCUT2D eigenvalue weighted by Crippen LogP contribution is 2.11. The zero-order chi connectivity index (χ0) is 13.7. The van der Waals surface area contributed by atoms with Gasteiger partial charge in [-0.25, -0.2) is 9.59 Å². The first-order valence-electron chi connectivity index (χ1n) is 5.46. The summed E-state index contributed by atoms with van der Waals surface area (Å²) in [6.07, 6.45) is 0. The van der Waals surface area contributed by atoms with Crippen molar-refractivity contribution in [3.8, 4) is 0 Å². The first kappa shape index (κ1) is 14.7. The molecule has 0 aliphatic heterocycles. The maximum absolute atomic E-state index is 11.6. The normalized spacial score (nSPS) is 12.0. The van der Waals surface area contributed by atoms with Crippen LogP contribution in [0.5, 0.6) is 0 Å². The lowest BCUT2D eigenvalue weighted by Gasteiger charge is -2.18. The Labute approximate surface area is 119 Å². The minimum absolute atomic E-state index is 0.176. The van der Waals surface area contributed by atoms with Gasteiger partial charge in [0.15, 0.2) is 0 Å². The van der Waals surface area contributed by atoms with Gasteiger partial charge >= 0.3 is 12.0 Å². The van der Waals surface area contributed by atoms with Crippen molar-refractivity contribution >= 4 is 40.3 Å². The second-order valence-electron chi connectivity index (χ2n) is 4.17. The predicted molar refractivity (Wildman–Crippen MR) is 77.6 cm³/mol. The van der Waals surface area contributed by atoms with Gasteiger partial charge in [-0.05, 0) is 52.8 Å². The predicted octanol–water partition coefficient (Wildman–Crippen LogP) is 2.52. The zero-order valence-corrected chi connectivity index (χ0v) is 12.3. The Hall–Kier alpha value is -1.31. The highest BCUT2D eigenvalue weighted by Gasteiger charge is 2.23. The molecular weight excluding hydrogens is 347 g/mol. The van der Waals surface area contributed by atoms with E-state index in [-0.39, 0.29) is 5.92 Å². The Balaban J connectivity index is 2.60. The maximum atomic E-state index is 11.6. The van der Waals surface area contributed by atoms with E-state index in [0.717, 1.165) is 3.57 Å². The van der Waals surface area contributed by atoms with E-state index in [0.29, 0.717) is 5.69 Å². The molecule has 18 heavy (non-hydrogen) atoms. The fourth-order valence-corrected chi connectivity index (χ4v) is 1.71. The Morgan fingerprint density at radius 2 is 1.78 bits per heavy atom. The van der Waals surface area contributed by atoms with Crippen LogP contribution in [0.1, 0.15) is 13.8 Å². The van der Waals surface area contributed by atoms with Crippen LogP contribution in [0.3, 0.4) is 0 Å². The number of hydrogen-bond acceptors (Lipinski definition) is 2. The average molecular weight is 362 g/mol. The zero-order valence-electron chi connectivity index (χ0n) is 10.1. The number of carboxylic acids is 1. The van der Waals surface area contributed by atoms with Crippen molar-refractivity contribution in [3.05, 3.63) is 27.8 Å². The van der Waals surface area contributed by atoms with Gasteiger partial charge in [0.2, 0.25) is 0 Å². The molecular formula is C12H15IN2O3. The summed E-state index contributed by atoms with van der Waals surface area (Å²) in [5.74, 6) is -1.22. The molecule has 6 heteroatoms. The van der Waals surface area contributed by atoms with E-state index in [1.165, 1.54) is 0 Å². The molecule has 5 nitrogen and oxygen atoms in total. The lowest BCUT2D eigenvalue weighted by molar-refractivity contribution is -0.140. The first-order valence-corrected chi connectivity index (χ1v) is 6.54. The summed E-state index contributed by atoms with van der Waals surface area (Å²) in [5.41, 5.74) is 0.626. The van der Waals surface area contributed by atoms with Crippen LogP contribution in [0, 0.1) is 9.49 Å². The molecule has 0 fully saturated rings. The number of hydrogen-bond donors (Lipinski definition) is 3. The van der Waals surface area contributed by atoms with Crippen LogP contribution in [0.2, 0.25) is 0 Å². The van der Waals surface area contributed by atoms with Crippen molar-refractivity contribution in [1.82, 2.24) is 5.32 Å². The lowest BCUT2D eigenvalue weighted by atomic mass is 10.1. The van der Waals surface area contributed by atoms with Crippen LogP contribution in [-0.2, 0) is 4.79 Å². The third kappa shape index (κ3) is 4.52. The van der Waals surface area contributed by atoms with Crippen molar-refractivity contribution in [1.29, 1.82) is 0 Å². The van der Waals surface area contributed by atoms with Gasteiger partial charge in [0, 0.05) is 9.26 Å². The van der Waals surface area contributed by atoms with Crippen molar-refractivity contribution in [3.63, 3.8) is 0 Å². The Morgan fingerprint density at radius 1 is 1.22 bits per heavy atom. The summed E-state index contributed by atoms with van der Waals surface area (Å²) < 4.78 is 1.06. The summed E-state index contributed by atoms with van der Waals surface area (Å²) >= 11 is 2.16. The van der Waals surface area contributed by atoms with E-state index in [4.69, 9.17) is 5.11 Å². The van der Waals surface area contributed by atoms with E-state index >= 15 is 0 Å². The molecule has 0 heterocycles.